The molecule has 1 fully saturated rings. The van der Waals surface area contributed by atoms with Gasteiger partial charge in [0.1, 0.15) is 11.5 Å². The Kier molecular flexibility index (Phi) is 3.94. The minimum atomic E-state index is -0.179. The van der Waals surface area contributed by atoms with Gasteiger partial charge in [0, 0.05) is 29.9 Å². The standard InChI is InChI=1S/C18H20N2O3/c1-11-12(2)23-13(3)17(11)18(22)19-14-6-8-15(9-7-14)20-10-4-5-16(20)21/h6-9H,4-5,10H2,1-3H3,(H,19,22). The fourth-order valence-corrected chi connectivity index (χ4v) is 2.97. The van der Waals surface area contributed by atoms with Crippen LogP contribution in [0.5, 0.6) is 0 Å². The van der Waals surface area contributed by atoms with E-state index in [1.807, 2.05) is 38.1 Å². The van der Waals surface area contributed by atoms with Crippen LogP contribution in [0, 0.1) is 20.8 Å². The number of rotatable bonds is 3. The molecule has 0 radical (unpaired) electrons. The van der Waals surface area contributed by atoms with Crippen LogP contribution in [-0.4, -0.2) is 18.4 Å². The van der Waals surface area contributed by atoms with Crippen LogP contribution in [0.2, 0.25) is 0 Å². The van der Waals surface area contributed by atoms with Gasteiger partial charge in [-0.25, -0.2) is 0 Å². The van der Waals surface area contributed by atoms with Crippen LogP contribution in [0.1, 0.15) is 40.3 Å². The quantitative estimate of drug-likeness (QED) is 0.942. The maximum absolute atomic E-state index is 12.4. The Hall–Kier alpha value is -2.56. The Labute approximate surface area is 135 Å². The predicted molar refractivity (Wildman–Crippen MR) is 88.9 cm³/mol. The smallest absolute Gasteiger partial charge is 0.259 e. The van der Waals surface area contributed by atoms with Crippen molar-refractivity contribution in [2.24, 2.45) is 0 Å². The van der Waals surface area contributed by atoms with Crippen molar-refractivity contribution < 1.29 is 14.0 Å². The van der Waals surface area contributed by atoms with E-state index < -0.39 is 0 Å². The molecule has 2 heterocycles. The first-order valence-electron chi connectivity index (χ1n) is 7.75. The summed E-state index contributed by atoms with van der Waals surface area (Å²) in [4.78, 5) is 25.9. The third-order valence-electron chi connectivity index (χ3n) is 4.30. The number of nitrogens with zero attached hydrogens (tertiary/aromatic N) is 1. The number of carbonyl (C=O) groups is 2. The second-order valence-corrected chi connectivity index (χ2v) is 5.86. The minimum Gasteiger partial charge on any atom is -0.466 e. The average molecular weight is 312 g/mol. The van der Waals surface area contributed by atoms with E-state index in [4.69, 9.17) is 4.42 Å². The summed E-state index contributed by atoms with van der Waals surface area (Å²) in [5.74, 6) is 1.36. The Balaban J connectivity index is 1.75. The van der Waals surface area contributed by atoms with E-state index in [-0.39, 0.29) is 11.8 Å². The second kappa shape index (κ2) is 5.91. The molecule has 0 saturated carbocycles. The summed E-state index contributed by atoms with van der Waals surface area (Å²) in [5, 5.41) is 2.88. The zero-order valence-corrected chi connectivity index (χ0v) is 13.6. The van der Waals surface area contributed by atoms with E-state index in [0.29, 0.717) is 23.4 Å². The Morgan fingerprint density at radius 3 is 2.35 bits per heavy atom. The monoisotopic (exact) mass is 312 g/mol. The fourth-order valence-electron chi connectivity index (χ4n) is 2.97. The number of carbonyl (C=O) groups excluding carboxylic acids is 2. The predicted octanol–water partition coefficient (Wildman–Crippen LogP) is 3.58. The van der Waals surface area contributed by atoms with Gasteiger partial charge in [-0.3, -0.25) is 9.59 Å². The molecule has 0 unspecified atom stereocenters. The summed E-state index contributed by atoms with van der Waals surface area (Å²) in [7, 11) is 0. The summed E-state index contributed by atoms with van der Waals surface area (Å²) in [6.45, 7) is 6.28. The van der Waals surface area contributed by atoms with Crippen molar-refractivity contribution in [1.82, 2.24) is 0 Å². The molecule has 2 aromatic rings. The lowest BCUT2D eigenvalue weighted by molar-refractivity contribution is -0.117. The summed E-state index contributed by atoms with van der Waals surface area (Å²) in [6, 6.07) is 7.35. The number of aryl methyl sites for hydroxylation is 2. The van der Waals surface area contributed by atoms with Crippen molar-refractivity contribution in [3.63, 3.8) is 0 Å². The number of hydrogen-bond donors (Lipinski definition) is 1. The molecule has 2 amide bonds. The first kappa shape index (κ1) is 15.3. The van der Waals surface area contributed by atoms with Gasteiger partial charge in [0.05, 0.1) is 5.56 Å². The van der Waals surface area contributed by atoms with Crippen LogP contribution in [0.25, 0.3) is 0 Å². The van der Waals surface area contributed by atoms with Gasteiger partial charge < -0.3 is 14.6 Å². The van der Waals surface area contributed by atoms with Crippen molar-refractivity contribution in [2.75, 3.05) is 16.8 Å². The van der Waals surface area contributed by atoms with Crippen molar-refractivity contribution in [1.29, 1.82) is 0 Å². The third kappa shape index (κ3) is 2.86. The van der Waals surface area contributed by atoms with E-state index in [0.717, 1.165) is 30.0 Å². The highest BCUT2D eigenvalue weighted by molar-refractivity contribution is 6.06. The van der Waals surface area contributed by atoms with E-state index in [1.54, 1.807) is 11.8 Å². The topological polar surface area (TPSA) is 62.6 Å². The van der Waals surface area contributed by atoms with Gasteiger partial charge in [0.2, 0.25) is 5.91 Å². The van der Waals surface area contributed by atoms with Crippen LogP contribution in [0.15, 0.2) is 28.7 Å². The lowest BCUT2D eigenvalue weighted by Gasteiger charge is -2.16. The number of hydrogen-bond acceptors (Lipinski definition) is 3. The molecule has 1 aliphatic rings. The molecule has 3 rings (SSSR count). The van der Waals surface area contributed by atoms with Crippen LogP contribution in [0.3, 0.4) is 0 Å². The highest BCUT2D eigenvalue weighted by Gasteiger charge is 2.22. The van der Waals surface area contributed by atoms with Crippen LogP contribution >= 0.6 is 0 Å². The van der Waals surface area contributed by atoms with Crippen LogP contribution in [0.4, 0.5) is 11.4 Å². The molecule has 0 aliphatic carbocycles. The molecular formula is C18H20N2O3. The Bertz CT molecular complexity index is 759. The molecule has 5 heteroatoms. The molecule has 1 N–H and O–H groups in total. The molecular weight excluding hydrogens is 292 g/mol. The zero-order valence-electron chi connectivity index (χ0n) is 13.6. The van der Waals surface area contributed by atoms with E-state index in [2.05, 4.69) is 5.32 Å². The molecule has 1 aromatic heterocycles. The Morgan fingerprint density at radius 2 is 1.83 bits per heavy atom. The van der Waals surface area contributed by atoms with Crippen molar-refractivity contribution in [3.8, 4) is 0 Å². The summed E-state index contributed by atoms with van der Waals surface area (Å²) < 4.78 is 5.50. The first-order chi connectivity index (χ1) is 11.0. The minimum absolute atomic E-state index is 0.155. The molecule has 1 aromatic carbocycles. The highest BCUT2D eigenvalue weighted by atomic mass is 16.3. The summed E-state index contributed by atoms with van der Waals surface area (Å²) >= 11 is 0. The van der Waals surface area contributed by atoms with Gasteiger partial charge in [-0.05, 0) is 51.5 Å². The maximum atomic E-state index is 12.4. The molecule has 1 aliphatic heterocycles. The molecule has 5 nitrogen and oxygen atoms in total. The zero-order chi connectivity index (χ0) is 16.6. The number of nitrogens with one attached hydrogen (secondary N) is 1. The largest absolute Gasteiger partial charge is 0.466 e. The number of benzene rings is 1. The highest BCUT2D eigenvalue weighted by Crippen LogP contribution is 2.25. The molecule has 23 heavy (non-hydrogen) atoms. The van der Waals surface area contributed by atoms with Gasteiger partial charge in [-0.15, -0.1) is 0 Å². The molecule has 0 atom stereocenters. The van der Waals surface area contributed by atoms with Crippen LogP contribution < -0.4 is 10.2 Å². The Morgan fingerprint density at radius 1 is 1.13 bits per heavy atom. The molecule has 120 valence electrons. The first-order valence-corrected chi connectivity index (χ1v) is 7.75. The average Bonchev–Trinajstić information content (AvgIpc) is 3.04. The van der Waals surface area contributed by atoms with Gasteiger partial charge in [-0.1, -0.05) is 0 Å². The van der Waals surface area contributed by atoms with E-state index >= 15 is 0 Å². The molecule has 0 bridgehead atoms. The SMILES string of the molecule is Cc1oc(C)c(C(=O)Nc2ccc(N3CCCC3=O)cc2)c1C. The maximum Gasteiger partial charge on any atom is 0.259 e. The lowest BCUT2D eigenvalue weighted by Crippen LogP contribution is -2.23. The van der Waals surface area contributed by atoms with Crippen molar-refractivity contribution in [2.45, 2.75) is 33.6 Å². The van der Waals surface area contributed by atoms with Gasteiger partial charge in [0.15, 0.2) is 0 Å². The van der Waals surface area contributed by atoms with Gasteiger partial charge in [-0.2, -0.15) is 0 Å². The second-order valence-electron chi connectivity index (χ2n) is 5.86. The summed E-state index contributed by atoms with van der Waals surface area (Å²) in [6.07, 6.45) is 1.51. The van der Waals surface area contributed by atoms with E-state index in [9.17, 15) is 9.59 Å². The summed E-state index contributed by atoms with van der Waals surface area (Å²) in [5.41, 5.74) is 3.01. The van der Waals surface area contributed by atoms with Crippen molar-refractivity contribution in [3.05, 3.63) is 46.9 Å². The molecule has 0 spiro atoms. The third-order valence-corrected chi connectivity index (χ3v) is 4.30. The molecule has 1 saturated heterocycles. The number of anilines is 2. The number of amides is 2. The number of furan rings is 1. The van der Waals surface area contributed by atoms with Crippen molar-refractivity contribution >= 4 is 23.2 Å². The normalized spacial score (nSPS) is 14.4. The van der Waals surface area contributed by atoms with Gasteiger partial charge >= 0.3 is 0 Å². The van der Waals surface area contributed by atoms with Crippen LogP contribution in [-0.2, 0) is 4.79 Å². The van der Waals surface area contributed by atoms with Gasteiger partial charge in [0.25, 0.3) is 5.91 Å². The van der Waals surface area contributed by atoms with E-state index in [1.165, 1.54) is 0 Å². The fraction of sp³-hybridized carbons (Fsp3) is 0.333. The lowest BCUT2D eigenvalue weighted by atomic mass is 10.1.